The first-order valence-corrected chi connectivity index (χ1v) is 6.37. The van der Waals surface area contributed by atoms with Crippen LogP contribution in [0.1, 0.15) is 33.6 Å². The lowest BCUT2D eigenvalue weighted by atomic mass is 9.89. The lowest BCUT2D eigenvalue weighted by Gasteiger charge is -2.28. The number of thioether (sulfide) groups is 1. The summed E-state index contributed by atoms with van der Waals surface area (Å²) in [5.41, 5.74) is 0.489. The Kier molecular flexibility index (Phi) is 2.63. The van der Waals surface area contributed by atoms with Crippen molar-refractivity contribution in [3.63, 3.8) is 0 Å². The molecule has 1 nitrogen and oxygen atoms in total. The molecule has 2 heteroatoms. The van der Waals surface area contributed by atoms with Gasteiger partial charge in [0.1, 0.15) is 0 Å². The van der Waals surface area contributed by atoms with E-state index in [-0.39, 0.29) is 0 Å². The van der Waals surface area contributed by atoms with Gasteiger partial charge < -0.3 is 4.74 Å². The third-order valence-electron chi connectivity index (χ3n) is 3.26. The number of hydrogen-bond donors (Lipinski definition) is 0. The summed E-state index contributed by atoms with van der Waals surface area (Å²) in [7, 11) is 0. The molecule has 2 rings (SSSR count). The minimum atomic E-state index is 0.391. The Hall–Kier alpha value is 0.310. The molecule has 0 spiro atoms. The average molecular weight is 200 g/mol. The molecule has 1 heterocycles. The molecule has 3 atom stereocenters. The summed E-state index contributed by atoms with van der Waals surface area (Å²) >= 11 is 2.16. The molecule has 0 amide bonds. The van der Waals surface area contributed by atoms with Crippen LogP contribution in [0.3, 0.4) is 0 Å². The predicted octanol–water partition coefficient (Wildman–Crippen LogP) is 2.94. The van der Waals surface area contributed by atoms with Crippen molar-refractivity contribution in [2.24, 2.45) is 11.3 Å². The van der Waals surface area contributed by atoms with Gasteiger partial charge in [0.15, 0.2) is 0 Å². The smallest absolute Gasteiger partial charge is 0.0523 e. The van der Waals surface area contributed by atoms with E-state index in [1.807, 2.05) is 0 Å². The van der Waals surface area contributed by atoms with Gasteiger partial charge in [-0.3, -0.25) is 0 Å². The van der Waals surface area contributed by atoms with Crippen LogP contribution >= 0.6 is 11.8 Å². The summed E-state index contributed by atoms with van der Waals surface area (Å²) in [6, 6.07) is 0. The van der Waals surface area contributed by atoms with E-state index in [0.717, 1.165) is 17.8 Å². The van der Waals surface area contributed by atoms with Gasteiger partial charge in [0.25, 0.3) is 0 Å². The van der Waals surface area contributed by atoms with E-state index in [1.54, 1.807) is 0 Å². The SMILES string of the molecule is CC(C)OCC1(C)CC2CSC2C1. The number of ether oxygens (including phenoxy) is 1. The van der Waals surface area contributed by atoms with Crippen LogP contribution in [0, 0.1) is 11.3 Å². The van der Waals surface area contributed by atoms with Crippen LogP contribution in [-0.4, -0.2) is 23.7 Å². The van der Waals surface area contributed by atoms with E-state index in [4.69, 9.17) is 4.74 Å². The van der Waals surface area contributed by atoms with Gasteiger partial charge in [0.2, 0.25) is 0 Å². The first-order chi connectivity index (χ1) is 6.09. The van der Waals surface area contributed by atoms with E-state index in [1.165, 1.54) is 18.6 Å². The molecular weight excluding hydrogens is 180 g/mol. The predicted molar refractivity (Wildman–Crippen MR) is 58.2 cm³/mol. The molecule has 0 bridgehead atoms. The number of rotatable bonds is 3. The van der Waals surface area contributed by atoms with Gasteiger partial charge in [-0.2, -0.15) is 11.8 Å². The maximum absolute atomic E-state index is 5.74. The van der Waals surface area contributed by atoms with Crippen molar-refractivity contribution in [1.82, 2.24) is 0 Å². The molecule has 0 N–H and O–H groups in total. The highest BCUT2D eigenvalue weighted by Gasteiger charge is 2.47. The molecule has 0 radical (unpaired) electrons. The highest BCUT2D eigenvalue weighted by Crippen LogP contribution is 2.54. The van der Waals surface area contributed by atoms with Gasteiger partial charge in [-0.1, -0.05) is 6.92 Å². The summed E-state index contributed by atoms with van der Waals surface area (Å²) in [5.74, 6) is 2.42. The second kappa shape index (κ2) is 3.47. The monoisotopic (exact) mass is 200 g/mol. The van der Waals surface area contributed by atoms with E-state index in [2.05, 4.69) is 32.5 Å². The van der Waals surface area contributed by atoms with Crippen molar-refractivity contribution in [1.29, 1.82) is 0 Å². The molecule has 1 aliphatic heterocycles. The van der Waals surface area contributed by atoms with Crippen LogP contribution in [0.25, 0.3) is 0 Å². The van der Waals surface area contributed by atoms with E-state index < -0.39 is 0 Å². The van der Waals surface area contributed by atoms with Crippen molar-refractivity contribution in [2.45, 2.75) is 45.0 Å². The molecule has 2 fully saturated rings. The molecule has 1 saturated heterocycles. The maximum Gasteiger partial charge on any atom is 0.0523 e. The summed E-state index contributed by atoms with van der Waals surface area (Å²) in [6.07, 6.45) is 3.18. The van der Waals surface area contributed by atoms with Crippen LogP contribution in [0.4, 0.5) is 0 Å². The van der Waals surface area contributed by atoms with Gasteiger partial charge in [-0.15, -0.1) is 0 Å². The van der Waals surface area contributed by atoms with Crippen molar-refractivity contribution >= 4 is 11.8 Å². The fraction of sp³-hybridized carbons (Fsp3) is 1.00. The van der Waals surface area contributed by atoms with Gasteiger partial charge in [-0.05, 0) is 43.8 Å². The first-order valence-electron chi connectivity index (χ1n) is 5.32. The van der Waals surface area contributed by atoms with Crippen molar-refractivity contribution in [3.05, 3.63) is 0 Å². The minimum absolute atomic E-state index is 0.391. The molecular formula is C11H20OS. The second-order valence-corrected chi connectivity index (χ2v) is 6.48. The Morgan fingerprint density at radius 3 is 2.62 bits per heavy atom. The third kappa shape index (κ3) is 2.04. The standard InChI is InChI=1S/C11H20OS/c1-8(2)12-7-11(3)4-9-6-13-10(9)5-11/h8-10H,4-7H2,1-3H3. The average Bonchev–Trinajstić information content (AvgIpc) is 2.26. The normalized spacial score (nSPS) is 43.4. The Morgan fingerprint density at radius 1 is 1.46 bits per heavy atom. The molecule has 3 unspecified atom stereocenters. The molecule has 13 heavy (non-hydrogen) atoms. The van der Waals surface area contributed by atoms with Crippen molar-refractivity contribution in [2.75, 3.05) is 12.4 Å². The van der Waals surface area contributed by atoms with Crippen LogP contribution in [0.5, 0.6) is 0 Å². The minimum Gasteiger partial charge on any atom is -0.378 e. The molecule has 0 aromatic heterocycles. The Balaban J connectivity index is 1.83. The summed E-state index contributed by atoms with van der Waals surface area (Å²) in [4.78, 5) is 0. The Bertz CT molecular complexity index is 179. The third-order valence-corrected chi connectivity index (χ3v) is 4.86. The molecule has 1 aliphatic carbocycles. The zero-order valence-electron chi connectivity index (χ0n) is 8.88. The van der Waals surface area contributed by atoms with Gasteiger partial charge >= 0.3 is 0 Å². The molecule has 2 aliphatic rings. The molecule has 0 aromatic carbocycles. The molecule has 0 aromatic rings. The van der Waals surface area contributed by atoms with Crippen molar-refractivity contribution < 1.29 is 4.74 Å². The fourth-order valence-corrected chi connectivity index (χ4v) is 3.94. The Morgan fingerprint density at radius 2 is 2.23 bits per heavy atom. The van der Waals surface area contributed by atoms with Crippen LogP contribution in [0.2, 0.25) is 0 Å². The zero-order valence-corrected chi connectivity index (χ0v) is 9.69. The van der Waals surface area contributed by atoms with Crippen LogP contribution < -0.4 is 0 Å². The highest BCUT2D eigenvalue weighted by atomic mass is 32.2. The summed E-state index contributed by atoms with van der Waals surface area (Å²) < 4.78 is 5.74. The topological polar surface area (TPSA) is 9.23 Å². The number of fused-ring (bicyclic) bond motifs is 1. The lowest BCUT2D eigenvalue weighted by molar-refractivity contribution is 0.0160. The number of hydrogen-bond acceptors (Lipinski definition) is 2. The van der Waals surface area contributed by atoms with E-state index in [0.29, 0.717) is 11.5 Å². The first kappa shape index (κ1) is 9.85. The highest BCUT2D eigenvalue weighted by molar-refractivity contribution is 8.01. The lowest BCUT2D eigenvalue weighted by Crippen LogP contribution is -2.23. The van der Waals surface area contributed by atoms with Crippen molar-refractivity contribution in [3.8, 4) is 0 Å². The zero-order chi connectivity index (χ0) is 9.47. The maximum atomic E-state index is 5.74. The largest absolute Gasteiger partial charge is 0.378 e. The summed E-state index contributed by atoms with van der Waals surface area (Å²) in [6.45, 7) is 7.62. The summed E-state index contributed by atoms with van der Waals surface area (Å²) in [5, 5.41) is 0.973. The van der Waals surface area contributed by atoms with E-state index >= 15 is 0 Å². The Labute approximate surface area is 85.6 Å². The van der Waals surface area contributed by atoms with Crippen LogP contribution in [-0.2, 0) is 4.74 Å². The quantitative estimate of drug-likeness (QED) is 0.692. The fourth-order valence-electron chi connectivity index (χ4n) is 2.47. The van der Waals surface area contributed by atoms with E-state index in [9.17, 15) is 0 Å². The second-order valence-electron chi connectivity index (χ2n) is 5.21. The molecule has 76 valence electrons. The van der Waals surface area contributed by atoms with Crippen LogP contribution in [0.15, 0.2) is 0 Å². The van der Waals surface area contributed by atoms with Gasteiger partial charge in [-0.25, -0.2) is 0 Å². The van der Waals surface area contributed by atoms with Gasteiger partial charge in [0.05, 0.1) is 12.7 Å². The van der Waals surface area contributed by atoms with Gasteiger partial charge in [0, 0.05) is 5.25 Å². The molecule has 1 saturated carbocycles.